The smallest absolute Gasteiger partial charge is 0.275 e. The molecule has 1 amide bonds. The van der Waals surface area contributed by atoms with Crippen LogP contribution in [0.15, 0.2) is 24.4 Å². The van der Waals surface area contributed by atoms with Crippen LogP contribution in [0.4, 0.5) is 0 Å². The van der Waals surface area contributed by atoms with E-state index in [4.69, 9.17) is 11.6 Å². The lowest BCUT2D eigenvalue weighted by molar-refractivity contribution is 0.0755. The molecule has 0 atom stereocenters. The number of carbonyl (C=O) groups is 1. The first-order valence-corrected chi connectivity index (χ1v) is 7.07. The highest BCUT2D eigenvalue weighted by Crippen LogP contribution is 2.23. The number of aromatic nitrogens is 2. The van der Waals surface area contributed by atoms with Crippen molar-refractivity contribution in [2.24, 2.45) is 0 Å². The Bertz CT molecular complexity index is 600. The number of hydrogen-bond acceptors (Lipinski definition) is 2. The molecule has 0 radical (unpaired) electrons. The van der Waals surface area contributed by atoms with E-state index in [1.54, 1.807) is 10.7 Å². The molecule has 0 unspecified atom stereocenters. The molecule has 3 rings (SSSR count). The molecule has 0 saturated carbocycles. The molecule has 0 spiro atoms. The van der Waals surface area contributed by atoms with Gasteiger partial charge in [-0.3, -0.25) is 4.79 Å². The first-order chi connectivity index (χ1) is 9.27. The number of fused-ring (bicyclic) bond motifs is 1. The Labute approximate surface area is 117 Å². The molecule has 19 heavy (non-hydrogen) atoms. The highest BCUT2D eigenvalue weighted by molar-refractivity contribution is 6.36. The molecule has 1 fully saturated rings. The van der Waals surface area contributed by atoms with E-state index in [9.17, 15) is 4.79 Å². The van der Waals surface area contributed by atoms with Crippen LogP contribution in [-0.2, 0) is 0 Å². The summed E-state index contributed by atoms with van der Waals surface area (Å²) in [4.78, 5) is 14.4. The van der Waals surface area contributed by atoms with Crippen LogP contribution in [-0.4, -0.2) is 33.5 Å². The minimum absolute atomic E-state index is 0.0457. The normalized spacial score (nSPS) is 16.6. The van der Waals surface area contributed by atoms with Crippen molar-refractivity contribution in [2.45, 2.75) is 25.7 Å². The Hall–Kier alpha value is -1.55. The van der Waals surface area contributed by atoms with E-state index in [1.807, 2.05) is 23.1 Å². The van der Waals surface area contributed by atoms with Gasteiger partial charge in [0.1, 0.15) is 0 Å². The Balaban J connectivity index is 1.94. The molecule has 0 N–H and O–H groups in total. The van der Waals surface area contributed by atoms with Crippen LogP contribution in [0.3, 0.4) is 0 Å². The summed E-state index contributed by atoms with van der Waals surface area (Å²) in [5, 5.41) is 4.77. The molecule has 4 nitrogen and oxygen atoms in total. The minimum atomic E-state index is -0.0457. The molecule has 0 aliphatic carbocycles. The summed E-state index contributed by atoms with van der Waals surface area (Å²) in [5.74, 6) is -0.0457. The van der Waals surface area contributed by atoms with Gasteiger partial charge in [0, 0.05) is 19.3 Å². The number of amides is 1. The van der Waals surface area contributed by atoms with E-state index < -0.39 is 0 Å². The molecule has 1 saturated heterocycles. The summed E-state index contributed by atoms with van der Waals surface area (Å²) in [5.41, 5.74) is 1.15. The van der Waals surface area contributed by atoms with Crippen LogP contribution < -0.4 is 0 Å². The zero-order valence-corrected chi connectivity index (χ0v) is 11.4. The minimum Gasteiger partial charge on any atom is -0.337 e. The average Bonchev–Trinajstić information content (AvgIpc) is 2.64. The third kappa shape index (κ3) is 2.32. The molecule has 3 heterocycles. The van der Waals surface area contributed by atoms with Crippen molar-refractivity contribution in [3.8, 4) is 0 Å². The summed E-state index contributed by atoms with van der Waals surface area (Å²) in [7, 11) is 0. The predicted octanol–water partition coefficient (Wildman–Crippen LogP) is 3.00. The number of likely N-dealkylation sites (tertiary alicyclic amines) is 1. The molecule has 0 bridgehead atoms. The molecule has 5 heteroatoms. The maximum atomic E-state index is 12.5. The Morgan fingerprint density at radius 2 is 1.89 bits per heavy atom. The lowest BCUT2D eigenvalue weighted by Gasteiger charge is -2.18. The van der Waals surface area contributed by atoms with Gasteiger partial charge in [0.15, 0.2) is 5.69 Å². The number of nitrogens with zero attached hydrogens (tertiary/aromatic N) is 3. The SMILES string of the molecule is O=C(c1nn2ccccc2c1Cl)N1CCCCCC1. The maximum Gasteiger partial charge on any atom is 0.275 e. The number of hydrogen-bond donors (Lipinski definition) is 0. The van der Waals surface area contributed by atoms with E-state index >= 15 is 0 Å². The molecular weight excluding hydrogens is 262 g/mol. The molecule has 1 aliphatic rings. The van der Waals surface area contributed by atoms with Gasteiger partial charge in [-0.05, 0) is 25.0 Å². The standard InChI is InChI=1S/C14H16ClN3O/c15-12-11-7-3-6-10-18(11)16-13(12)14(19)17-8-4-1-2-5-9-17/h3,6-7,10H,1-2,4-5,8-9H2. The second-order valence-corrected chi connectivity index (χ2v) is 5.28. The van der Waals surface area contributed by atoms with Crippen molar-refractivity contribution < 1.29 is 4.79 Å². The second-order valence-electron chi connectivity index (χ2n) is 4.90. The fourth-order valence-corrected chi connectivity index (χ4v) is 2.80. The average molecular weight is 278 g/mol. The van der Waals surface area contributed by atoms with Gasteiger partial charge in [0.25, 0.3) is 5.91 Å². The third-order valence-corrected chi connectivity index (χ3v) is 3.95. The Morgan fingerprint density at radius 1 is 1.16 bits per heavy atom. The first kappa shape index (κ1) is 12.5. The largest absolute Gasteiger partial charge is 0.337 e. The van der Waals surface area contributed by atoms with Crippen LogP contribution in [0.2, 0.25) is 5.02 Å². The van der Waals surface area contributed by atoms with Gasteiger partial charge in [-0.15, -0.1) is 0 Å². The molecule has 100 valence electrons. The fraction of sp³-hybridized carbons (Fsp3) is 0.429. The molecular formula is C14H16ClN3O. The van der Waals surface area contributed by atoms with Gasteiger partial charge in [-0.2, -0.15) is 5.10 Å². The van der Waals surface area contributed by atoms with Crippen molar-refractivity contribution in [3.63, 3.8) is 0 Å². The number of halogens is 1. The zero-order valence-electron chi connectivity index (χ0n) is 10.7. The van der Waals surface area contributed by atoms with Gasteiger partial charge < -0.3 is 4.90 Å². The highest BCUT2D eigenvalue weighted by Gasteiger charge is 2.23. The van der Waals surface area contributed by atoms with Crippen LogP contribution in [0, 0.1) is 0 Å². The van der Waals surface area contributed by atoms with Crippen molar-refractivity contribution in [1.29, 1.82) is 0 Å². The molecule has 1 aliphatic heterocycles. The third-order valence-electron chi connectivity index (χ3n) is 3.58. The fourth-order valence-electron chi connectivity index (χ4n) is 2.53. The topological polar surface area (TPSA) is 37.6 Å². The van der Waals surface area contributed by atoms with E-state index in [1.165, 1.54) is 12.8 Å². The predicted molar refractivity (Wildman–Crippen MR) is 74.6 cm³/mol. The van der Waals surface area contributed by atoms with Crippen LogP contribution >= 0.6 is 11.6 Å². The Morgan fingerprint density at radius 3 is 2.58 bits per heavy atom. The lowest BCUT2D eigenvalue weighted by Crippen LogP contribution is -2.32. The lowest BCUT2D eigenvalue weighted by atomic mass is 10.2. The van der Waals surface area contributed by atoms with E-state index in [0.717, 1.165) is 31.4 Å². The van der Waals surface area contributed by atoms with E-state index in [0.29, 0.717) is 10.7 Å². The highest BCUT2D eigenvalue weighted by atomic mass is 35.5. The van der Waals surface area contributed by atoms with Gasteiger partial charge in [0.2, 0.25) is 0 Å². The monoisotopic (exact) mass is 277 g/mol. The summed E-state index contributed by atoms with van der Waals surface area (Å²) < 4.78 is 1.66. The summed E-state index contributed by atoms with van der Waals surface area (Å²) in [6, 6.07) is 5.63. The van der Waals surface area contributed by atoms with Gasteiger partial charge in [-0.25, -0.2) is 4.52 Å². The Kier molecular flexibility index (Phi) is 3.42. The quantitative estimate of drug-likeness (QED) is 0.804. The zero-order chi connectivity index (χ0) is 13.2. The van der Waals surface area contributed by atoms with Crippen LogP contribution in [0.5, 0.6) is 0 Å². The number of pyridine rings is 1. The summed E-state index contributed by atoms with van der Waals surface area (Å²) >= 11 is 6.28. The van der Waals surface area contributed by atoms with Crippen LogP contribution in [0.25, 0.3) is 5.52 Å². The van der Waals surface area contributed by atoms with Crippen molar-refractivity contribution in [3.05, 3.63) is 35.1 Å². The summed E-state index contributed by atoms with van der Waals surface area (Å²) in [6.07, 6.45) is 6.33. The summed E-state index contributed by atoms with van der Waals surface area (Å²) in [6.45, 7) is 1.62. The molecule has 0 aromatic carbocycles. The first-order valence-electron chi connectivity index (χ1n) is 6.69. The number of rotatable bonds is 1. The van der Waals surface area contributed by atoms with Crippen molar-refractivity contribution >= 4 is 23.0 Å². The van der Waals surface area contributed by atoms with Crippen LogP contribution in [0.1, 0.15) is 36.2 Å². The number of carbonyl (C=O) groups excluding carboxylic acids is 1. The second kappa shape index (κ2) is 5.21. The van der Waals surface area contributed by atoms with Gasteiger partial charge in [0.05, 0.1) is 10.5 Å². The van der Waals surface area contributed by atoms with E-state index in [-0.39, 0.29) is 5.91 Å². The molecule has 2 aromatic rings. The van der Waals surface area contributed by atoms with Crippen molar-refractivity contribution in [1.82, 2.24) is 14.5 Å². The molecule has 2 aromatic heterocycles. The maximum absolute atomic E-state index is 12.5. The van der Waals surface area contributed by atoms with Crippen molar-refractivity contribution in [2.75, 3.05) is 13.1 Å². The van der Waals surface area contributed by atoms with Gasteiger partial charge in [-0.1, -0.05) is 30.5 Å². The van der Waals surface area contributed by atoms with E-state index in [2.05, 4.69) is 5.10 Å². The van der Waals surface area contributed by atoms with Gasteiger partial charge >= 0.3 is 0 Å².